The summed E-state index contributed by atoms with van der Waals surface area (Å²) < 4.78 is 24.5. The molecule has 1 atom stereocenters. The second kappa shape index (κ2) is 7.60. The molecule has 1 aromatic carbocycles. The van der Waals surface area contributed by atoms with Crippen LogP contribution in [0.4, 0.5) is 0 Å². The minimum Gasteiger partial charge on any atom is -0.356 e. The van der Waals surface area contributed by atoms with Crippen LogP contribution in [0.5, 0.6) is 0 Å². The van der Waals surface area contributed by atoms with Crippen molar-refractivity contribution >= 4 is 16.0 Å². The molecule has 1 aliphatic rings. The fourth-order valence-corrected chi connectivity index (χ4v) is 3.43. The molecule has 1 unspecified atom stereocenters. The lowest BCUT2D eigenvalue weighted by molar-refractivity contribution is 0.459. The molecule has 0 bridgehead atoms. The van der Waals surface area contributed by atoms with Crippen molar-refractivity contribution in [2.75, 3.05) is 32.9 Å². The highest BCUT2D eigenvalue weighted by Gasteiger charge is 2.28. The molecule has 2 rings (SSSR count). The molecule has 2 N–H and O–H groups in total. The molecular weight excluding hydrogens is 300 g/mol. The number of benzene rings is 1. The third-order valence-corrected chi connectivity index (χ3v) is 5.07. The fraction of sp³-hybridized carbons (Fsp3) is 0.533. The van der Waals surface area contributed by atoms with Crippen LogP contribution in [0.1, 0.15) is 12.0 Å². The van der Waals surface area contributed by atoms with Gasteiger partial charge in [-0.1, -0.05) is 30.3 Å². The maximum absolute atomic E-state index is 11.5. The van der Waals surface area contributed by atoms with Gasteiger partial charge in [0.05, 0.1) is 6.26 Å². The zero-order valence-corrected chi connectivity index (χ0v) is 13.9. The normalized spacial score (nSPS) is 20.1. The van der Waals surface area contributed by atoms with E-state index in [0.717, 1.165) is 18.9 Å². The van der Waals surface area contributed by atoms with Crippen LogP contribution in [0.3, 0.4) is 0 Å². The summed E-state index contributed by atoms with van der Waals surface area (Å²) >= 11 is 0. The molecular formula is C15H24N4O2S. The zero-order valence-electron chi connectivity index (χ0n) is 13.1. The van der Waals surface area contributed by atoms with Crippen molar-refractivity contribution < 1.29 is 8.42 Å². The number of sulfonamides is 1. The average Bonchev–Trinajstić information content (AvgIpc) is 2.97. The van der Waals surface area contributed by atoms with E-state index in [1.807, 2.05) is 18.2 Å². The van der Waals surface area contributed by atoms with Gasteiger partial charge in [-0.05, 0) is 17.9 Å². The predicted octanol–water partition coefficient (Wildman–Crippen LogP) is 0.633. The Labute approximate surface area is 132 Å². The largest absolute Gasteiger partial charge is 0.356 e. The van der Waals surface area contributed by atoms with Crippen LogP contribution in [0.25, 0.3) is 0 Å². The summed E-state index contributed by atoms with van der Waals surface area (Å²) in [5.74, 6) is 1.06. The first-order valence-electron chi connectivity index (χ1n) is 7.42. The molecule has 22 heavy (non-hydrogen) atoms. The predicted molar refractivity (Wildman–Crippen MR) is 89.2 cm³/mol. The average molecular weight is 324 g/mol. The lowest BCUT2D eigenvalue weighted by Crippen LogP contribution is -2.40. The molecule has 0 spiro atoms. The number of hydrogen-bond donors (Lipinski definition) is 2. The second-order valence-corrected chi connectivity index (χ2v) is 7.55. The van der Waals surface area contributed by atoms with Crippen LogP contribution in [0, 0.1) is 5.92 Å². The number of nitrogens with one attached hydrogen (secondary N) is 2. The maximum Gasteiger partial charge on any atom is 0.211 e. The zero-order chi connectivity index (χ0) is 16.0. The lowest BCUT2D eigenvalue weighted by atomic mass is 10.1. The third kappa shape index (κ3) is 4.99. The van der Waals surface area contributed by atoms with E-state index in [9.17, 15) is 8.42 Å². The first-order chi connectivity index (χ1) is 10.5. The Morgan fingerprint density at radius 2 is 2.05 bits per heavy atom. The highest BCUT2D eigenvalue weighted by molar-refractivity contribution is 7.88. The van der Waals surface area contributed by atoms with Crippen LogP contribution in [-0.4, -0.2) is 51.6 Å². The van der Waals surface area contributed by atoms with E-state index in [1.165, 1.54) is 11.8 Å². The standard InChI is InChI=1S/C15H24N4O2S/c1-16-15(17-10-13-6-4-3-5-7-13)18-11-14-8-9-19(12-14)22(2,20)21/h3-7,14H,8-12H2,1-2H3,(H2,16,17,18). The van der Waals surface area contributed by atoms with E-state index in [4.69, 9.17) is 0 Å². The van der Waals surface area contributed by atoms with Crippen molar-refractivity contribution in [2.24, 2.45) is 10.9 Å². The Kier molecular flexibility index (Phi) is 5.79. The summed E-state index contributed by atoms with van der Waals surface area (Å²) in [7, 11) is -1.33. The summed E-state index contributed by atoms with van der Waals surface area (Å²) in [4.78, 5) is 4.19. The van der Waals surface area contributed by atoms with Gasteiger partial charge in [-0.25, -0.2) is 12.7 Å². The van der Waals surface area contributed by atoms with Gasteiger partial charge in [-0.2, -0.15) is 0 Å². The maximum atomic E-state index is 11.5. The first kappa shape index (κ1) is 16.8. The van der Waals surface area contributed by atoms with Crippen LogP contribution in [0.2, 0.25) is 0 Å². The van der Waals surface area contributed by atoms with Crippen LogP contribution >= 0.6 is 0 Å². The van der Waals surface area contributed by atoms with Gasteiger partial charge in [0.2, 0.25) is 10.0 Å². The van der Waals surface area contributed by atoms with Crippen LogP contribution in [0.15, 0.2) is 35.3 Å². The van der Waals surface area contributed by atoms with Crippen LogP contribution < -0.4 is 10.6 Å². The van der Waals surface area contributed by atoms with Crippen molar-refractivity contribution in [3.05, 3.63) is 35.9 Å². The molecule has 0 aromatic heterocycles. The minimum atomic E-state index is -3.07. The van der Waals surface area contributed by atoms with Crippen molar-refractivity contribution in [1.82, 2.24) is 14.9 Å². The van der Waals surface area contributed by atoms with Crippen LogP contribution in [-0.2, 0) is 16.6 Å². The number of aliphatic imine (C=N–C) groups is 1. The van der Waals surface area contributed by atoms with E-state index >= 15 is 0 Å². The van der Waals surface area contributed by atoms with Crippen molar-refractivity contribution in [1.29, 1.82) is 0 Å². The van der Waals surface area contributed by atoms with Crippen molar-refractivity contribution in [3.63, 3.8) is 0 Å². The Hall–Kier alpha value is -1.60. The van der Waals surface area contributed by atoms with Gasteiger partial charge in [0, 0.05) is 33.2 Å². The Morgan fingerprint density at radius 3 is 2.64 bits per heavy atom. The smallest absolute Gasteiger partial charge is 0.211 e. The van der Waals surface area contributed by atoms with Gasteiger partial charge in [0.25, 0.3) is 0 Å². The van der Waals surface area contributed by atoms with Gasteiger partial charge in [-0.15, -0.1) is 0 Å². The minimum absolute atomic E-state index is 0.324. The number of rotatable bonds is 5. The second-order valence-electron chi connectivity index (χ2n) is 5.57. The SMILES string of the molecule is CN=C(NCc1ccccc1)NCC1CCN(S(C)(=O)=O)C1. The van der Waals surface area contributed by atoms with Gasteiger partial charge in [-0.3, -0.25) is 4.99 Å². The molecule has 0 radical (unpaired) electrons. The van der Waals surface area contributed by atoms with E-state index in [-0.39, 0.29) is 0 Å². The van der Waals surface area contributed by atoms with E-state index in [2.05, 4.69) is 27.8 Å². The van der Waals surface area contributed by atoms with Crippen molar-refractivity contribution in [3.8, 4) is 0 Å². The number of guanidine groups is 1. The molecule has 1 saturated heterocycles. The third-order valence-electron chi connectivity index (χ3n) is 3.80. The number of nitrogens with zero attached hydrogens (tertiary/aromatic N) is 2. The summed E-state index contributed by atoms with van der Waals surface area (Å²) in [6, 6.07) is 10.1. The quantitative estimate of drug-likeness (QED) is 0.615. The molecule has 6 nitrogen and oxygen atoms in total. The Balaban J connectivity index is 1.75. The topological polar surface area (TPSA) is 73.8 Å². The fourth-order valence-electron chi connectivity index (χ4n) is 2.51. The van der Waals surface area contributed by atoms with Gasteiger partial charge >= 0.3 is 0 Å². The molecule has 122 valence electrons. The molecule has 7 heteroatoms. The Bertz CT molecular complexity index is 601. The summed E-state index contributed by atoms with van der Waals surface area (Å²) in [5.41, 5.74) is 1.19. The molecule has 0 aliphatic carbocycles. The molecule has 0 amide bonds. The number of hydrogen-bond acceptors (Lipinski definition) is 3. The van der Waals surface area contributed by atoms with E-state index in [0.29, 0.717) is 25.6 Å². The summed E-state index contributed by atoms with van der Waals surface area (Å²) in [5, 5.41) is 6.53. The van der Waals surface area contributed by atoms with Crippen molar-refractivity contribution in [2.45, 2.75) is 13.0 Å². The van der Waals surface area contributed by atoms with E-state index < -0.39 is 10.0 Å². The molecule has 1 aromatic rings. The van der Waals surface area contributed by atoms with Gasteiger partial charge < -0.3 is 10.6 Å². The van der Waals surface area contributed by atoms with E-state index in [1.54, 1.807) is 11.4 Å². The monoisotopic (exact) mass is 324 g/mol. The summed E-state index contributed by atoms with van der Waals surface area (Å²) in [6.07, 6.45) is 2.15. The Morgan fingerprint density at radius 1 is 1.32 bits per heavy atom. The van der Waals surface area contributed by atoms with Gasteiger partial charge in [0.1, 0.15) is 0 Å². The molecule has 1 aliphatic heterocycles. The van der Waals surface area contributed by atoms with Gasteiger partial charge in [0.15, 0.2) is 5.96 Å². The first-order valence-corrected chi connectivity index (χ1v) is 9.27. The molecule has 1 fully saturated rings. The highest BCUT2D eigenvalue weighted by Crippen LogP contribution is 2.17. The summed E-state index contributed by atoms with van der Waals surface area (Å²) in [6.45, 7) is 2.63. The molecule has 0 saturated carbocycles. The highest BCUT2D eigenvalue weighted by atomic mass is 32.2. The molecule has 1 heterocycles. The lowest BCUT2D eigenvalue weighted by Gasteiger charge is -2.16.